The summed E-state index contributed by atoms with van der Waals surface area (Å²) in [7, 11) is 0. The molecule has 0 saturated carbocycles. The number of fused-ring (bicyclic) bond motifs is 1. The average Bonchev–Trinajstić information content (AvgIpc) is 2.17. The molecule has 78 valence electrons. The molecule has 1 fully saturated rings. The van der Waals surface area contributed by atoms with Crippen molar-refractivity contribution < 1.29 is 14.6 Å². The summed E-state index contributed by atoms with van der Waals surface area (Å²) in [5.74, 6) is 1.35. The molecule has 2 aliphatic rings. The summed E-state index contributed by atoms with van der Waals surface area (Å²) in [6.45, 7) is 0.709. The molecule has 1 amide bonds. The molecule has 0 aliphatic carbocycles. The number of hydrogen-bond acceptors (Lipinski definition) is 4. The quantitative estimate of drug-likeness (QED) is 0.592. The zero-order valence-electron chi connectivity index (χ0n) is 7.47. The third-order valence-electron chi connectivity index (χ3n) is 2.28. The highest BCUT2D eigenvalue weighted by molar-refractivity contribution is 7.99. The van der Waals surface area contributed by atoms with Crippen LogP contribution in [0.5, 0.6) is 0 Å². The van der Waals surface area contributed by atoms with E-state index in [-0.39, 0.29) is 11.5 Å². The SMILES string of the molecule is O=C(O)NC1NC2C=COCC2CS1. The van der Waals surface area contributed by atoms with Crippen LogP contribution in [0.4, 0.5) is 4.79 Å². The number of amides is 1. The Hall–Kier alpha value is -0.880. The van der Waals surface area contributed by atoms with E-state index in [0.29, 0.717) is 12.5 Å². The van der Waals surface area contributed by atoms with Crippen molar-refractivity contribution in [3.05, 3.63) is 12.3 Å². The minimum atomic E-state index is -0.996. The van der Waals surface area contributed by atoms with Crippen molar-refractivity contribution in [2.75, 3.05) is 12.4 Å². The summed E-state index contributed by atoms with van der Waals surface area (Å²) in [6.07, 6.45) is 2.61. The number of ether oxygens (including phenoxy) is 1. The molecule has 2 heterocycles. The van der Waals surface area contributed by atoms with Crippen LogP contribution in [0.2, 0.25) is 0 Å². The van der Waals surface area contributed by atoms with Gasteiger partial charge in [-0.25, -0.2) is 4.79 Å². The maximum absolute atomic E-state index is 10.4. The summed E-state index contributed by atoms with van der Waals surface area (Å²) in [4.78, 5) is 10.4. The number of rotatable bonds is 1. The van der Waals surface area contributed by atoms with Crippen LogP contribution in [0.3, 0.4) is 0 Å². The van der Waals surface area contributed by atoms with Crippen LogP contribution in [0.15, 0.2) is 12.3 Å². The Labute approximate surface area is 85.9 Å². The zero-order valence-corrected chi connectivity index (χ0v) is 8.29. The van der Waals surface area contributed by atoms with Gasteiger partial charge in [0.1, 0.15) is 5.50 Å². The molecule has 6 heteroatoms. The maximum Gasteiger partial charge on any atom is 0.406 e. The molecule has 0 radical (unpaired) electrons. The lowest BCUT2D eigenvalue weighted by atomic mass is 10.0. The second-order valence-electron chi connectivity index (χ2n) is 3.28. The van der Waals surface area contributed by atoms with Gasteiger partial charge in [-0.15, -0.1) is 11.8 Å². The van der Waals surface area contributed by atoms with E-state index in [0.717, 1.165) is 5.75 Å². The van der Waals surface area contributed by atoms with E-state index in [4.69, 9.17) is 9.84 Å². The van der Waals surface area contributed by atoms with Gasteiger partial charge in [-0.05, 0) is 6.08 Å². The first-order valence-electron chi connectivity index (χ1n) is 4.41. The number of hydrogen-bond donors (Lipinski definition) is 3. The van der Waals surface area contributed by atoms with Gasteiger partial charge in [0.2, 0.25) is 0 Å². The van der Waals surface area contributed by atoms with E-state index in [9.17, 15) is 4.79 Å². The Balaban J connectivity index is 1.92. The Bertz CT molecular complexity index is 259. The van der Waals surface area contributed by atoms with Gasteiger partial charge in [-0.3, -0.25) is 10.6 Å². The summed E-state index contributed by atoms with van der Waals surface area (Å²) in [5, 5.41) is 14.2. The van der Waals surface area contributed by atoms with Crippen LogP contribution in [-0.2, 0) is 4.74 Å². The lowest BCUT2D eigenvalue weighted by Gasteiger charge is -2.36. The van der Waals surface area contributed by atoms with Gasteiger partial charge >= 0.3 is 6.09 Å². The standard InChI is InChI=1S/C8H12N2O3S/c11-8(12)10-7-9-6-1-2-13-3-5(6)4-14-7/h1-2,5-7,9-10H,3-4H2,(H,11,12). The van der Waals surface area contributed by atoms with Crippen LogP contribution in [0.1, 0.15) is 0 Å². The molecular formula is C8H12N2O3S. The molecule has 3 atom stereocenters. The molecule has 0 aromatic carbocycles. The number of thioether (sulfide) groups is 1. The van der Waals surface area contributed by atoms with Crippen molar-refractivity contribution in [2.24, 2.45) is 5.92 Å². The van der Waals surface area contributed by atoms with Crippen LogP contribution in [0.25, 0.3) is 0 Å². The van der Waals surface area contributed by atoms with Crippen LogP contribution < -0.4 is 10.6 Å². The highest BCUT2D eigenvalue weighted by atomic mass is 32.2. The number of carbonyl (C=O) groups is 1. The Morgan fingerprint density at radius 3 is 3.36 bits per heavy atom. The number of carboxylic acid groups (broad SMARTS) is 1. The zero-order chi connectivity index (χ0) is 9.97. The van der Waals surface area contributed by atoms with Gasteiger partial charge < -0.3 is 9.84 Å². The third kappa shape index (κ3) is 2.13. The molecule has 14 heavy (non-hydrogen) atoms. The molecule has 5 nitrogen and oxygen atoms in total. The minimum Gasteiger partial charge on any atom is -0.501 e. The predicted octanol–water partition coefficient (Wildman–Crippen LogP) is 0.403. The van der Waals surface area contributed by atoms with Gasteiger partial charge in [0.15, 0.2) is 0 Å². The van der Waals surface area contributed by atoms with E-state index in [1.165, 1.54) is 0 Å². The van der Waals surface area contributed by atoms with Crippen molar-refractivity contribution in [1.82, 2.24) is 10.6 Å². The fourth-order valence-electron chi connectivity index (χ4n) is 1.56. The summed E-state index contributed by atoms with van der Waals surface area (Å²) >= 11 is 1.56. The van der Waals surface area contributed by atoms with E-state index >= 15 is 0 Å². The van der Waals surface area contributed by atoms with E-state index < -0.39 is 6.09 Å². The van der Waals surface area contributed by atoms with Crippen molar-refractivity contribution >= 4 is 17.9 Å². The van der Waals surface area contributed by atoms with Gasteiger partial charge in [0, 0.05) is 17.7 Å². The van der Waals surface area contributed by atoms with Crippen LogP contribution >= 0.6 is 11.8 Å². The Morgan fingerprint density at radius 1 is 1.71 bits per heavy atom. The highest BCUT2D eigenvalue weighted by Gasteiger charge is 2.31. The molecule has 2 rings (SSSR count). The maximum atomic E-state index is 10.4. The van der Waals surface area contributed by atoms with Gasteiger partial charge in [0.25, 0.3) is 0 Å². The highest BCUT2D eigenvalue weighted by Crippen LogP contribution is 2.25. The monoisotopic (exact) mass is 216 g/mol. The first-order valence-corrected chi connectivity index (χ1v) is 5.46. The summed E-state index contributed by atoms with van der Waals surface area (Å²) in [6, 6.07) is 0.224. The summed E-state index contributed by atoms with van der Waals surface area (Å²) < 4.78 is 5.18. The predicted molar refractivity (Wildman–Crippen MR) is 52.9 cm³/mol. The first kappa shape index (κ1) is 9.67. The molecule has 0 spiro atoms. The summed E-state index contributed by atoms with van der Waals surface area (Å²) in [5.41, 5.74) is -0.212. The normalized spacial score (nSPS) is 35.6. The molecule has 1 saturated heterocycles. The molecule has 0 aromatic rings. The van der Waals surface area contributed by atoms with Crippen molar-refractivity contribution in [3.8, 4) is 0 Å². The van der Waals surface area contributed by atoms with Crippen LogP contribution in [-0.4, -0.2) is 35.1 Å². The Morgan fingerprint density at radius 2 is 2.57 bits per heavy atom. The fourth-order valence-corrected chi connectivity index (χ4v) is 2.74. The fraction of sp³-hybridized carbons (Fsp3) is 0.625. The lowest BCUT2D eigenvalue weighted by molar-refractivity contribution is 0.157. The first-order chi connectivity index (χ1) is 6.75. The van der Waals surface area contributed by atoms with Crippen LogP contribution in [0, 0.1) is 5.92 Å². The number of nitrogens with one attached hydrogen (secondary N) is 2. The molecule has 3 N–H and O–H groups in total. The van der Waals surface area contributed by atoms with Gasteiger partial charge in [-0.2, -0.15) is 0 Å². The van der Waals surface area contributed by atoms with Crippen molar-refractivity contribution in [3.63, 3.8) is 0 Å². The average molecular weight is 216 g/mol. The largest absolute Gasteiger partial charge is 0.501 e. The smallest absolute Gasteiger partial charge is 0.406 e. The molecule has 0 bridgehead atoms. The second-order valence-corrected chi connectivity index (χ2v) is 4.42. The molecule has 0 aromatic heterocycles. The minimum absolute atomic E-state index is 0.212. The van der Waals surface area contributed by atoms with Crippen molar-refractivity contribution in [2.45, 2.75) is 11.5 Å². The van der Waals surface area contributed by atoms with Crippen molar-refractivity contribution in [1.29, 1.82) is 0 Å². The topological polar surface area (TPSA) is 70.6 Å². The van der Waals surface area contributed by atoms with Gasteiger partial charge in [0.05, 0.1) is 12.9 Å². The van der Waals surface area contributed by atoms with E-state index in [1.54, 1.807) is 18.0 Å². The van der Waals surface area contributed by atoms with E-state index in [2.05, 4.69) is 10.6 Å². The molecular weight excluding hydrogens is 204 g/mol. The molecule has 2 aliphatic heterocycles. The third-order valence-corrected chi connectivity index (χ3v) is 3.48. The second kappa shape index (κ2) is 4.10. The Kier molecular flexibility index (Phi) is 2.83. The van der Waals surface area contributed by atoms with E-state index in [1.807, 2.05) is 6.08 Å². The lowest BCUT2D eigenvalue weighted by Crippen LogP contribution is -2.54. The van der Waals surface area contributed by atoms with Gasteiger partial charge in [-0.1, -0.05) is 0 Å². The molecule has 3 unspecified atom stereocenters.